The van der Waals surface area contributed by atoms with Crippen molar-refractivity contribution in [3.05, 3.63) is 130 Å². The van der Waals surface area contributed by atoms with Crippen LogP contribution in [-0.4, -0.2) is 11.9 Å². The van der Waals surface area contributed by atoms with Gasteiger partial charge in [-0.1, -0.05) is 106 Å². The molecule has 0 atom stereocenters. The fraction of sp³-hybridized carbons (Fsp3) is 0.333. The first kappa shape index (κ1) is 32.9. The highest BCUT2D eigenvalue weighted by atomic mass is 16.5. The average molecular weight is 615 g/mol. The van der Waals surface area contributed by atoms with Gasteiger partial charge in [-0.05, 0) is 110 Å². The van der Waals surface area contributed by atoms with Gasteiger partial charge in [0, 0.05) is 5.57 Å². The summed E-state index contributed by atoms with van der Waals surface area (Å²) in [6.45, 7) is 15.4. The van der Waals surface area contributed by atoms with Crippen LogP contribution in [0.5, 0.6) is 11.5 Å². The van der Waals surface area contributed by atoms with Crippen LogP contribution in [-0.2, 0) is 27.8 Å². The molecule has 0 heterocycles. The second-order valence-electron chi connectivity index (χ2n) is 13.5. The Morgan fingerprint density at radius 3 is 1.59 bits per heavy atom. The molecular formula is C42H46O4. The molecule has 46 heavy (non-hydrogen) atoms. The number of carbonyl (C=O) groups is 2. The maximum absolute atomic E-state index is 13.0. The first-order valence-corrected chi connectivity index (χ1v) is 16.6. The first-order chi connectivity index (χ1) is 22.0. The second kappa shape index (κ2) is 13.5. The lowest BCUT2D eigenvalue weighted by molar-refractivity contribution is -0.143. The van der Waals surface area contributed by atoms with Gasteiger partial charge in [-0.3, -0.25) is 4.79 Å². The average Bonchev–Trinajstić information content (AvgIpc) is 3.34. The Labute approximate surface area is 274 Å². The SMILES string of the molecule is C=C(C)C(=O)Oc1ccc(C2(c3ccc(OC(=O)C(C)(C)C)c(CCCC)c3)c3ccccc3-c3ccccc32)cc1CCCC. The Morgan fingerprint density at radius 1 is 0.696 bits per heavy atom. The Kier molecular flexibility index (Phi) is 9.67. The van der Waals surface area contributed by atoms with E-state index in [1.165, 1.54) is 22.3 Å². The number of hydrogen-bond donors (Lipinski definition) is 0. The molecule has 0 N–H and O–H groups in total. The molecule has 0 amide bonds. The topological polar surface area (TPSA) is 52.6 Å². The van der Waals surface area contributed by atoms with E-state index in [1.54, 1.807) is 6.92 Å². The van der Waals surface area contributed by atoms with E-state index in [-0.39, 0.29) is 5.97 Å². The van der Waals surface area contributed by atoms with Gasteiger partial charge in [-0.2, -0.15) is 0 Å². The summed E-state index contributed by atoms with van der Waals surface area (Å²) in [5.41, 5.74) is 8.14. The quantitative estimate of drug-likeness (QED) is 0.0844. The summed E-state index contributed by atoms with van der Waals surface area (Å²) < 4.78 is 11.9. The van der Waals surface area contributed by atoms with Gasteiger partial charge < -0.3 is 9.47 Å². The van der Waals surface area contributed by atoms with Crippen molar-refractivity contribution in [1.29, 1.82) is 0 Å². The maximum Gasteiger partial charge on any atom is 0.338 e. The molecule has 0 saturated carbocycles. The highest BCUT2D eigenvalue weighted by Crippen LogP contribution is 2.56. The van der Waals surface area contributed by atoms with Crippen molar-refractivity contribution in [2.24, 2.45) is 5.41 Å². The summed E-state index contributed by atoms with van der Waals surface area (Å²) in [6, 6.07) is 29.9. The highest BCUT2D eigenvalue weighted by Gasteiger charge is 2.46. The van der Waals surface area contributed by atoms with Crippen molar-refractivity contribution in [3.63, 3.8) is 0 Å². The lowest BCUT2D eigenvalue weighted by atomic mass is 9.67. The third-order valence-electron chi connectivity index (χ3n) is 8.90. The number of unbranched alkanes of at least 4 members (excludes halogenated alkanes) is 2. The number of benzene rings is 4. The molecule has 4 aromatic carbocycles. The first-order valence-electron chi connectivity index (χ1n) is 16.6. The van der Waals surface area contributed by atoms with Crippen LogP contribution in [0.15, 0.2) is 97.1 Å². The lowest BCUT2D eigenvalue weighted by Gasteiger charge is -2.35. The van der Waals surface area contributed by atoms with Crippen molar-refractivity contribution in [1.82, 2.24) is 0 Å². The largest absolute Gasteiger partial charge is 0.426 e. The van der Waals surface area contributed by atoms with Crippen molar-refractivity contribution < 1.29 is 19.1 Å². The molecule has 4 aromatic rings. The second-order valence-corrected chi connectivity index (χ2v) is 13.5. The minimum absolute atomic E-state index is 0.246. The molecule has 238 valence electrons. The van der Waals surface area contributed by atoms with Gasteiger partial charge in [0.05, 0.1) is 10.8 Å². The van der Waals surface area contributed by atoms with Crippen LogP contribution in [0, 0.1) is 5.41 Å². The normalized spacial score (nSPS) is 13.1. The predicted octanol–water partition coefficient (Wildman–Crippen LogP) is 10.2. The van der Waals surface area contributed by atoms with Crippen LogP contribution in [0.4, 0.5) is 0 Å². The molecule has 4 nitrogen and oxygen atoms in total. The molecule has 0 saturated heterocycles. The number of esters is 2. The lowest BCUT2D eigenvalue weighted by Crippen LogP contribution is -2.29. The number of aryl methyl sites for hydroxylation is 2. The van der Waals surface area contributed by atoms with E-state index in [1.807, 2.05) is 32.9 Å². The highest BCUT2D eigenvalue weighted by molar-refractivity contribution is 5.89. The smallest absolute Gasteiger partial charge is 0.338 e. The summed E-state index contributed by atoms with van der Waals surface area (Å²) in [4.78, 5) is 25.7. The number of fused-ring (bicyclic) bond motifs is 3. The molecule has 0 aromatic heterocycles. The summed E-state index contributed by atoms with van der Waals surface area (Å²) >= 11 is 0. The van der Waals surface area contributed by atoms with Crippen molar-refractivity contribution >= 4 is 11.9 Å². The Morgan fingerprint density at radius 2 is 1.15 bits per heavy atom. The van der Waals surface area contributed by atoms with E-state index in [9.17, 15) is 9.59 Å². The van der Waals surface area contributed by atoms with Gasteiger partial charge in [0.2, 0.25) is 0 Å². The molecule has 5 rings (SSSR count). The standard InChI is InChI=1S/C42H46O4/c1-8-10-16-29-26-31(22-24-37(29)45-39(43)28(3)4)42(35-20-14-12-18-33(35)34-19-13-15-21-36(34)42)32-23-25-38(30(27-32)17-11-9-2)46-40(44)41(5,6)7/h12-15,18-27H,3,8-11,16-17H2,1-2,4-7H3. The van der Waals surface area contributed by atoms with Crippen LogP contribution < -0.4 is 9.47 Å². The predicted molar refractivity (Wildman–Crippen MR) is 187 cm³/mol. The van der Waals surface area contributed by atoms with Gasteiger partial charge in [0.1, 0.15) is 11.5 Å². The van der Waals surface area contributed by atoms with Crippen molar-refractivity contribution in [3.8, 4) is 22.6 Å². The van der Waals surface area contributed by atoms with E-state index in [0.717, 1.165) is 60.8 Å². The van der Waals surface area contributed by atoms with Crippen LogP contribution >= 0.6 is 0 Å². The maximum atomic E-state index is 13.0. The third-order valence-corrected chi connectivity index (χ3v) is 8.90. The van der Waals surface area contributed by atoms with E-state index >= 15 is 0 Å². The van der Waals surface area contributed by atoms with Gasteiger partial charge in [0.25, 0.3) is 0 Å². The van der Waals surface area contributed by atoms with Crippen LogP contribution in [0.2, 0.25) is 0 Å². The molecule has 0 aliphatic heterocycles. The molecule has 0 fully saturated rings. The van der Waals surface area contributed by atoms with Crippen molar-refractivity contribution in [2.75, 3.05) is 0 Å². The summed E-state index contributed by atoms with van der Waals surface area (Å²) in [5, 5.41) is 0. The Balaban J connectivity index is 1.79. The van der Waals surface area contributed by atoms with Crippen molar-refractivity contribution in [2.45, 2.75) is 85.5 Å². The monoisotopic (exact) mass is 614 g/mol. The third kappa shape index (κ3) is 6.18. The van der Waals surface area contributed by atoms with E-state index in [0.29, 0.717) is 17.1 Å². The fourth-order valence-corrected chi connectivity index (χ4v) is 6.41. The number of carbonyl (C=O) groups excluding carboxylic acids is 2. The van der Waals surface area contributed by atoms with Gasteiger partial charge in [0.15, 0.2) is 0 Å². The number of hydrogen-bond acceptors (Lipinski definition) is 4. The molecule has 4 heteroatoms. The minimum atomic E-state index is -0.640. The minimum Gasteiger partial charge on any atom is -0.426 e. The fourth-order valence-electron chi connectivity index (χ4n) is 6.41. The molecule has 0 bridgehead atoms. The summed E-state index contributed by atoms with van der Waals surface area (Å²) in [5.74, 6) is 0.535. The van der Waals surface area contributed by atoms with Gasteiger partial charge in [-0.15, -0.1) is 0 Å². The Hall–Kier alpha value is -4.44. The number of rotatable bonds is 11. The Bertz CT molecular complexity index is 1730. The zero-order chi connectivity index (χ0) is 33.1. The molecule has 1 aliphatic carbocycles. The molecule has 1 aliphatic rings. The zero-order valence-corrected chi connectivity index (χ0v) is 28.2. The summed E-state index contributed by atoms with van der Waals surface area (Å²) in [6.07, 6.45) is 5.58. The molecule has 0 spiro atoms. The van der Waals surface area contributed by atoms with Gasteiger partial charge in [-0.25, -0.2) is 4.79 Å². The van der Waals surface area contributed by atoms with E-state index in [4.69, 9.17) is 9.47 Å². The molecule has 0 unspecified atom stereocenters. The van der Waals surface area contributed by atoms with Crippen LogP contribution in [0.1, 0.15) is 101 Å². The van der Waals surface area contributed by atoms with Crippen LogP contribution in [0.25, 0.3) is 11.1 Å². The van der Waals surface area contributed by atoms with E-state index < -0.39 is 16.8 Å². The zero-order valence-electron chi connectivity index (χ0n) is 28.2. The van der Waals surface area contributed by atoms with Gasteiger partial charge >= 0.3 is 11.9 Å². The number of ether oxygens (including phenoxy) is 2. The van der Waals surface area contributed by atoms with Crippen LogP contribution in [0.3, 0.4) is 0 Å². The summed E-state index contributed by atoms with van der Waals surface area (Å²) in [7, 11) is 0. The molecule has 0 radical (unpaired) electrons. The molecular weight excluding hydrogens is 568 g/mol. The van der Waals surface area contributed by atoms with E-state index in [2.05, 4.69) is 93.2 Å².